The average molecular weight is 458 g/mol. The monoisotopic (exact) mass is 457 g/mol. The second-order valence-electron chi connectivity index (χ2n) is 6.95. The van der Waals surface area contributed by atoms with E-state index in [1.165, 1.54) is 11.3 Å². The van der Waals surface area contributed by atoms with Gasteiger partial charge in [0.2, 0.25) is 5.91 Å². The Morgan fingerprint density at radius 2 is 1.94 bits per heavy atom. The lowest BCUT2D eigenvalue weighted by Gasteiger charge is -2.19. The van der Waals surface area contributed by atoms with E-state index < -0.39 is 0 Å². The fourth-order valence-corrected chi connectivity index (χ4v) is 4.00. The van der Waals surface area contributed by atoms with Crippen molar-refractivity contribution in [1.29, 1.82) is 0 Å². The number of benzene rings is 2. The van der Waals surface area contributed by atoms with E-state index in [1.807, 2.05) is 31.2 Å². The number of carbonyl (C=O) groups excluding carboxylic acids is 2. The number of hydrogen-bond acceptors (Lipinski definition) is 5. The number of hydrogen-bond donors (Lipinski definition) is 1. The molecule has 162 valence electrons. The summed E-state index contributed by atoms with van der Waals surface area (Å²) in [6, 6.07) is 14.6. The van der Waals surface area contributed by atoms with Gasteiger partial charge in [0.1, 0.15) is 22.2 Å². The highest BCUT2D eigenvalue weighted by molar-refractivity contribution is 7.13. The van der Waals surface area contributed by atoms with Gasteiger partial charge in [-0.05, 0) is 55.8 Å². The zero-order valence-electron chi connectivity index (χ0n) is 17.6. The number of ether oxygens (including phenoxy) is 1. The predicted octanol–water partition coefficient (Wildman–Crippen LogP) is 5.30. The summed E-state index contributed by atoms with van der Waals surface area (Å²) in [5, 5.41) is 4.28. The largest absolute Gasteiger partial charge is 0.486 e. The van der Waals surface area contributed by atoms with Crippen molar-refractivity contribution in [1.82, 2.24) is 9.88 Å². The molecule has 0 unspecified atom stereocenters. The van der Waals surface area contributed by atoms with Gasteiger partial charge in [0.25, 0.3) is 5.91 Å². The van der Waals surface area contributed by atoms with Crippen LogP contribution in [0.15, 0.2) is 48.5 Å². The zero-order valence-corrected chi connectivity index (χ0v) is 19.2. The van der Waals surface area contributed by atoms with Crippen molar-refractivity contribution in [3.05, 3.63) is 74.7 Å². The Hall–Kier alpha value is -2.90. The van der Waals surface area contributed by atoms with E-state index in [-0.39, 0.29) is 18.4 Å². The van der Waals surface area contributed by atoms with Crippen LogP contribution in [0.3, 0.4) is 0 Å². The SMILES string of the molecule is CCN(Cc1cccc(NC(=O)c2sc(COc3ccc(Cl)cc3)nc2C)c1)C(C)=O. The van der Waals surface area contributed by atoms with Crippen molar-refractivity contribution in [3.8, 4) is 5.75 Å². The van der Waals surface area contributed by atoms with E-state index in [0.717, 1.165) is 5.56 Å². The molecular formula is C23H24ClN3O3S. The minimum atomic E-state index is -0.219. The highest BCUT2D eigenvalue weighted by Crippen LogP contribution is 2.23. The van der Waals surface area contributed by atoms with Gasteiger partial charge in [-0.15, -0.1) is 11.3 Å². The summed E-state index contributed by atoms with van der Waals surface area (Å²) in [6.45, 7) is 6.70. The number of halogens is 1. The summed E-state index contributed by atoms with van der Waals surface area (Å²) in [6.07, 6.45) is 0. The second kappa shape index (κ2) is 10.4. The van der Waals surface area contributed by atoms with Gasteiger partial charge in [0.15, 0.2) is 0 Å². The number of thiazole rings is 1. The van der Waals surface area contributed by atoms with E-state index >= 15 is 0 Å². The smallest absolute Gasteiger partial charge is 0.267 e. The summed E-state index contributed by atoms with van der Waals surface area (Å²) >= 11 is 7.19. The molecule has 1 aromatic heterocycles. The maximum Gasteiger partial charge on any atom is 0.267 e. The number of aromatic nitrogens is 1. The molecule has 31 heavy (non-hydrogen) atoms. The quantitative estimate of drug-likeness (QED) is 0.498. The van der Waals surface area contributed by atoms with Gasteiger partial charge in [0.05, 0.1) is 5.69 Å². The molecule has 0 fully saturated rings. The van der Waals surface area contributed by atoms with Crippen LogP contribution in [0.1, 0.15) is 39.8 Å². The third-order valence-corrected chi connectivity index (χ3v) is 5.99. The third-order valence-electron chi connectivity index (χ3n) is 4.61. The molecule has 8 heteroatoms. The molecule has 0 aliphatic rings. The molecule has 0 atom stereocenters. The van der Waals surface area contributed by atoms with Crippen molar-refractivity contribution in [2.24, 2.45) is 0 Å². The zero-order chi connectivity index (χ0) is 22.4. The topological polar surface area (TPSA) is 71.5 Å². The number of rotatable bonds is 8. The normalized spacial score (nSPS) is 10.6. The minimum Gasteiger partial charge on any atom is -0.486 e. The van der Waals surface area contributed by atoms with Crippen molar-refractivity contribution >= 4 is 40.4 Å². The molecule has 1 N–H and O–H groups in total. The molecule has 0 radical (unpaired) electrons. The maximum absolute atomic E-state index is 12.8. The molecule has 0 spiro atoms. The van der Waals surface area contributed by atoms with Gasteiger partial charge in [0, 0.05) is 30.7 Å². The summed E-state index contributed by atoms with van der Waals surface area (Å²) < 4.78 is 5.72. The standard InChI is InChI=1S/C23H24ClN3O3S/c1-4-27(16(3)28)13-17-6-5-7-19(12-17)26-23(29)22-15(2)25-21(31-22)14-30-20-10-8-18(24)9-11-20/h5-12H,4,13-14H2,1-3H3,(H,26,29). The Bertz CT molecular complexity index is 1070. The first-order valence-corrected chi connectivity index (χ1v) is 11.1. The van der Waals surface area contributed by atoms with Crippen molar-refractivity contribution < 1.29 is 14.3 Å². The molecule has 2 amide bonds. The molecule has 3 aromatic rings. The van der Waals surface area contributed by atoms with Crippen LogP contribution in [0, 0.1) is 6.92 Å². The first-order chi connectivity index (χ1) is 14.9. The Morgan fingerprint density at radius 3 is 2.61 bits per heavy atom. The van der Waals surface area contributed by atoms with Gasteiger partial charge >= 0.3 is 0 Å². The summed E-state index contributed by atoms with van der Waals surface area (Å²) in [4.78, 5) is 31.2. The third kappa shape index (κ3) is 6.29. The number of nitrogens with one attached hydrogen (secondary N) is 1. The Labute approximate surface area is 190 Å². The number of nitrogens with zero attached hydrogens (tertiary/aromatic N) is 2. The van der Waals surface area contributed by atoms with Crippen LogP contribution >= 0.6 is 22.9 Å². The molecule has 0 saturated heterocycles. The molecule has 0 aliphatic carbocycles. The number of anilines is 1. The van der Waals surface area contributed by atoms with Gasteiger partial charge < -0.3 is 15.0 Å². The van der Waals surface area contributed by atoms with Crippen molar-refractivity contribution in [3.63, 3.8) is 0 Å². The summed E-state index contributed by atoms with van der Waals surface area (Å²) in [7, 11) is 0. The second-order valence-corrected chi connectivity index (χ2v) is 8.47. The van der Waals surface area contributed by atoms with Crippen LogP contribution in [0.25, 0.3) is 0 Å². The van der Waals surface area contributed by atoms with Crippen LogP contribution in [0.2, 0.25) is 5.02 Å². The lowest BCUT2D eigenvalue weighted by atomic mass is 10.2. The Morgan fingerprint density at radius 1 is 1.19 bits per heavy atom. The molecule has 1 heterocycles. The van der Waals surface area contributed by atoms with E-state index in [2.05, 4.69) is 10.3 Å². The van der Waals surface area contributed by atoms with E-state index in [0.29, 0.717) is 45.1 Å². The highest BCUT2D eigenvalue weighted by atomic mass is 35.5. The van der Waals surface area contributed by atoms with E-state index in [9.17, 15) is 9.59 Å². The molecule has 0 aliphatic heterocycles. The van der Waals surface area contributed by atoms with Crippen LogP contribution < -0.4 is 10.1 Å². The average Bonchev–Trinajstić information content (AvgIpc) is 3.12. The van der Waals surface area contributed by atoms with Crippen molar-refractivity contribution in [2.75, 3.05) is 11.9 Å². The van der Waals surface area contributed by atoms with E-state index in [1.54, 1.807) is 43.0 Å². The highest BCUT2D eigenvalue weighted by Gasteiger charge is 2.16. The van der Waals surface area contributed by atoms with Crippen LogP contribution in [-0.4, -0.2) is 28.2 Å². The van der Waals surface area contributed by atoms with Gasteiger partial charge in [-0.2, -0.15) is 0 Å². The Kier molecular flexibility index (Phi) is 7.65. The summed E-state index contributed by atoms with van der Waals surface area (Å²) in [5.41, 5.74) is 2.28. The molecule has 3 rings (SSSR count). The predicted molar refractivity (Wildman–Crippen MR) is 124 cm³/mol. The fraction of sp³-hybridized carbons (Fsp3) is 0.261. The summed E-state index contributed by atoms with van der Waals surface area (Å²) in [5.74, 6) is 0.487. The maximum atomic E-state index is 12.8. The fourth-order valence-electron chi connectivity index (χ4n) is 3.00. The first kappa shape index (κ1) is 22.8. The van der Waals surface area contributed by atoms with Gasteiger partial charge in [-0.3, -0.25) is 9.59 Å². The van der Waals surface area contributed by atoms with Gasteiger partial charge in [-0.25, -0.2) is 4.98 Å². The number of carbonyl (C=O) groups is 2. The number of amides is 2. The number of aryl methyl sites for hydroxylation is 1. The lowest BCUT2D eigenvalue weighted by Crippen LogP contribution is -2.27. The first-order valence-electron chi connectivity index (χ1n) is 9.86. The van der Waals surface area contributed by atoms with Crippen LogP contribution in [0.5, 0.6) is 5.75 Å². The Balaban J connectivity index is 1.64. The molecule has 0 saturated carbocycles. The van der Waals surface area contributed by atoms with Crippen LogP contribution in [-0.2, 0) is 17.9 Å². The molecule has 0 bridgehead atoms. The lowest BCUT2D eigenvalue weighted by molar-refractivity contribution is -0.129. The molecule has 6 nitrogen and oxygen atoms in total. The van der Waals surface area contributed by atoms with Crippen molar-refractivity contribution in [2.45, 2.75) is 33.9 Å². The molecule has 2 aromatic carbocycles. The minimum absolute atomic E-state index is 0.0190. The van der Waals surface area contributed by atoms with E-state index in [4.69, 9.17) is 16.3 Å². The molecular weight excluding hydrogens is 434 g/mol. The van der Waals surface area contributed by atoms with Crippen LogP contribution in [0.4, 0.5) is 5.69 Å². The van der Waals surface area contributed by atoms with Gasteiger partial charge in [-0.1, -0.05) is 23.7 Å².